The van der Waals surface area contributed by atoms with Crippen LogP contribution in [0.4, 0.5) is 4.79 Å². The van der Waals surface area contributed by atoms with E-state index in [0.29, 0.717) is 23.7 Å². The van der Waals surface area contributed by atoms with Gasteiger partial charge in [0.2, 0.25) is 10.0 Å². The Balaban J connectivity index is 1.40. The van der Waals surface area contributed by atoms with Crippen LogP contribution < -0.4 is 5.32 Å². The predicted molar refractivity (Wildman–Crippen MR) is 145 cm³/mol. The molecule has 2 aliphatic rings. The van der Waals surface area contributed by atoms with E-state index in [2.05, 4.69) is 5.32 Å². The van der Waals surface area contributed by atoms with Gasteiger partial charge in [-0.15, -0.1) is 0 Å². The number of thioether (sulfide) groups is 1. The largest absolute Gasteiger partial charge is 0.350 e. The van der Waals surface area contributed by atoms with E-state index in [0.717, 1.165) is 29.5 Å². The standard InChI is InChI=1S/C25H25Cl2N3O5S2/c1-16-5-4-11-29(15-16)37(34,35)22-14-18(8-9-20(22)27)23(31)28-10-12-30-24(32)21(36-25(30)33)13-17-6-2-3-7-19(17)26/h2-3,6-9,13-14,16H,4-5,10-12,15H2,1H3,(H,28,31). The van der Waals surface area contributed by atoms with Crippen molar-refractivity contribution in [2.45, 2.75) is 24.7 Å². The first-order chi connectivity index (χ1) is 17.6. The van der Waals surface area contributed by atoms with E-state index in [4.69, 9.17) is 23.2 Å². The summed E-state index contributed by atoms with van der Waals surface area (Å²) in [6.07, 6.45) is 3.28. The maximum absolute atomic E-state index is 13.2. The number of amides is 3. The number of hydrogen-bond donors (Lipinski definition) is 1. The quantitative estimate of drug-likeness (QED) is 0.467. The predicted octanol–water partition coefficient (Wildman–Crippen LogP) is 4.88. The molecule has 1 N–H and O–H groups in total. The van der Waals surface area contributed by atoms with Gasteiger partial charge < -0.3 is 5.32 Å². The van der Waals surface area contributed by atoms with Crippen molar-refractivity contribution in [3.05, 3.63) is 68.5 Å². The van der Waals surface area contributed by atoms with Crippen LogP contribution in [0.1, 0.15) is 35.7 Å². The van der Waals surface area contributed by atoms with Gasteiger partial charge in [-0.2, -0.15) is 4.31 Å². The summed E-state index contributed by atoms with van der Waals surface area (Å²) in [4.78, 5) is 39.0. The number of nitrogens with one attached hydrogen (secondary N) is 1. The third-order valence-corrected chi connectivity index (χ3v) is 9.72. The zero-order valence-corrected chi connectivity index (χ0v) is 23.1. The fourth-order valence-electron chi connectivity index (χ4n) is 4.16. The Morgan fingerprint density at radius 1 is 1.16 bits per heavy atom. The van der Waals surface area contributed by atoms with E-state index in [1.807, 2.05) is 6.92 Å². The van der Waals surface area contributed by atoms with Crippen molar-refractivity contribution < 1.29 is 22.8 Å². The number of nitrogens with zero attached hydrogens (tertiary/aromatic N) is 2. The Bertz CT molecular complexity index is 1380. The van der Waals surface area contributed by atoms with Crippen molar-refractivity contribution in [1.29, 1.82) is 0 Å². The average molecular weight is 583 g/mol. The van der Waals surface area contributed by atoms with E-state index in [1.165, 1.54) is 22.5 Å². The lowest BCUT2D eigenvalue weighted by molar-refractivity contribution is -0.122. The number of hydrogen-bond acceptors (Lipinski definition) is 6. The summed E-state index contributed by atoms with van der Waals surface area (Å²) in [5.74, 6) is -0.776. The first-order valence-electron chi connectivity index (χ1n) is 11.7. The Kier molecular flexibility index (Phi) is 8.65. The Labute approximate surface area is 230 Å². The minimum absolute atomic E-state index is 0.00933. The molecule has 196 valence electrons. The molecular weight excluding hydrogens is 557 g/mol. The van der Waals surface area contributed by atoms with Gasteiger partial charge in [-0.05, 0) is 66.4 Å². The minimum Gasteiger partial charge on any atom is -0.350 e. The summed E-state index contributed by atoms with van der Waals surface area (Å²) in [6, 6.07) is 11.0. The normalized spacial score (nSPS) is 20.0. The average Bonchev–Trinajstić information content (AvgIpc) is 3.12. The van der Waals surface area contributed by atoms with Crippen LogP contribution in [0.2, 0.25) is 10.0 Å². The van der Waals surface area contributed by atoms with E-state index in [1.54, 1.807) is 30.3 Å². The van der Waals surface area contributed by atoms with Gasteiger partial charge in [0.15, 0.2) is 0 Å². The molecule has 0 saturated carbocycles. The van der Waals surface area contributed by atoms with Gasteiger partial charge in [-0.25, -0.2) is 8.42 Å². The summed E-state index contributed by atoms with van der Waals surface area (Å²) < 4.78 is 27.8. The molecule has 2 fully saturated rings. The molecule has 1 unspecified atom stereocenters. The van der Waals surface area contributed by atoms with Crippen LogP contribution in [0.3, 0.4) is 0 Å². The van der Waals surface area contributed by atoms with Crippen LogP contribution in [0.25, 0.3) is 6.08 Å². The van der Waals surface area contributed by atoms with Crippen molar-refractivity contribution in [1.82, 2.24) is 14.5 Å². The summed E-state index contributed by atoms with van der Waals surface area (Å²) in [5.41, 5.74) is 0.733. The van der Waals surface area contributed by atoms with Crippen LogP contribution in [0.15, 0.2) is 52.3 Å². The SMILES string of the molecule is CC1CCCN(S(=O)(=O)c2cc(C(=O)NCCN3C(=O)SC(=Cc4ccccc4Cl)C3=O)ccc2Cl)C1. The molecule has 12 heteroatoms. The zero-order chi connectivity index (χ0) is 26.7. The highest BCUT2D eigenvalue weighted by molar-refractivity contribution is 8.18. The summed E-state index contributed by atoms with van der Waals surface area (Å²) in [6.45, 7) is 2.75. The smallest absolute Gasteiger partial charge is 0.293 e. The van der Waals surface area contributed by atoms with Gasteiger partial charge in [0.05, 0.1) is 9.93 Å². The molecule has 2 aromatic carbocycles. The lowest BCUT2D eigenvalue weighted by Crippen LogP contribution is -2.39. The molecule has 4 rings (SSSR count). The number of piperidine rings is 1. The van der Waals surface area contributed by atoms with Gasteiger partial charge in [0.1, 0.15) is 4.90 Å². The molecule has 2 aliphatic heterocycles. The highest BCUT2D eigenvalue weighted by Gasteiger charge is 2.35. The maximum atomic E-state index is 13.2. The van der Waals surface area contributed by atoms with Gasteiger partial charge in [-0.1, -0.05) is 48.3 Å². The molecule has 0 aliphatic carbocycles. The van der Waals surface area contributed by atoms with Gasteiger partial charge in [0, 0.05) is 36.8 Å². The van der Waals surface area contributed by atoms with Crippen LogP contribution in [-0.2, 0) is 14.8 Å². The van der Waals surface area contributed by atoms with Gasteiger partial charge in [-0.3, -0.25) is 19.3 Å². The zero-order valence-electron chi connectivity index (χ0n) is 19.9. The Morgan fingerprint density at radius 2 is 1.92 bits per heavy atom. The topological polar surface area (TPSA) is 104 Å². The molecule has 37 heavy (non-hydrogen) atoms. The highest BCUT2D eigenvalue weighted by Crippen LogP contribution is 2.33. The third-order valence-electron chi connectivity index (χ3n) is 6.12. The maximum Gasteiger partial charge on any atom is 0.293 e. The van der Waals surface area contributed by atoms with Crippen molar-refractivity contribution in [2.24, 2.45) is 5.92 Å². The lowest BCUT2D eigenvalue weighted by atomic mass is 10.0. The van der Waals surface area contributed by atoms with Crippen LogP contribution >= 0.6 is 35.0 Å². The van der Waals surface area contributed by atoms with Crippen molar-refractivity contribution >= 4 is 68.1 Å². The molecule has 2 aromatic rings. The van der Waals surface area contributed by atoms with Crippen LogP contribution in [0, 0.1) is 5.92 Å². The van der Waals surface area contributed by atoms with Crippen molar-refractivity contribution in [2.75, 3.05) is 26.2 Å². The Morgan fingerprint density at radius 3 is 2.65 bits per heavy atom. The first kappa shape index (κ1) is 27.7. The van der Waals surface area contributed by atoms with E-state index in [-0.39, 0.29) is 39.4 Å². The minimum atomic E-state index is -3.86. The number of benzene rings is 2. The number of sulfonamides is 1. The first-order valence-corrected chi connectivity index (χ1v) is 14.7. The molecule has 2 heterocycles. The molecule has 1 atom stereocenters. The van der Waals surface area contributed by atoms with Gasteiger partial charge >= 0.3 is 0 Å². The molecule has 0 spiro atoms. The molecule has 0 aromatic heterocycles. The monoisotopic (exact) mass is 581 g/mol. The molecule has 2 saturated heterocycles. The second kappa shape index (κ2) is 11.6. The number of carbonyl (C=O) groups excluding carboxylic acids is 3. The fraction of sp³-hybridized carbons (Fsp3) is 0.320. The number of rotatable bonds is 7. The summed E-state index contributed by atoms with van der Waals surface area (Å²) >= 11 is 13.2. The third kappa shape index (κ3) is 6.21. The number of halogens is 2. The Hall–Kier alpha value is -2.37. The second-order valence-corrected chi connectivity index (χ2v) is 12.6. The van der Waals surface area contributed by atoms with E-state index in [9.17, 15) is 22.8 Å². The van der Waals surface area contributed by atoms with E-state index < -0.39 is 27.1 Å². The van der Waals surface area contributed by atoms with Crippen molar-refractivity contribution in [3.63, 3.8) is 0 Å². The van der Waals surface area contributed by atoms with Crippen molar-refractivity contribution in [3.8, 4) is 0 Å². The summed E-state index contributed by atoms with van der Waals surface area (Å²) in [5, 5.41) is 2.69. The lowest BCUT2D eigenvalue weighted by Gasteiger charge is -2.30. The molecule has 3 amide bonds. The molecule has 0 radical (unpaired) electrons. The molecular formula is C25H25Cl2N3O5S2. The van der Waals surface area contributed by atoms with E-state index >= 15 is 0 Å². The number of carbonyl (C=O) groups is 3. The van der Waals surface area contributed by atoms with Crippen LogP contribution in [0.5, 0.6) is 0 Å². The molecule has 0 bridgehead atoms. The molecule has 8 nitrogen and oxygen atoms in total. The highest BCUT2D eigenvalue weighted by atomic mass is 35.5. The number of imide groups is 1. The van der Waals surface area contributed by atoms with Gasteiger partial charge in [0.25, 0.3) is 17.1 Å². The second-order valence-electron chi connectivity index (χ2n) is 8.87. The fourth-order valence-corrected chi connectivity index (χ4v) is 7.30. The summed E-state index contributed by atoms with van der Waals surface area (Å²) in [7, 11) is -3.86. The van der Waals surface area contributed by atoms with Crippen LogP contribution in [-0.4, -0.2) is 60.9 Å².